The molecule has 1 N–H and O–H groups in total. The van der Waals surface area contributed by atoms with E-state index in [1.807, 2.05) is 24.3 Å². The van der Waals surface area contributed by atoms with E-state index in [4.69, 9.17) is 23.2 Å². The zero-order chi connectivity index (χ0) is 21.8. The van der Waals surface area contributed by atoms with E-state index in [0.29, 0.717) is 22.2 Å². The molecule has 1 aliphatic rings. The molecule has 1 amide bonds. The van der Waals surface area contributed by atoms with Crippen molar-refractivity contribution in [3.8, 4) is 11.3 Å². The molecule has 0 aliphatic carbocycles. The number of piperidine rings is 1. The zero-order valence-electron chi connectivity index (χ0n) is 17.3. The molecule has 0 spiro atoms. The van der Waals surface area contributed by atoms with Gasteiger partial charge in [0.2, 0.25) is 0 Å². The van der Waals surface area contributed by atoms with Gasteiger partial charge in [0.1, 0.15) is 0 Å². The second kappa shape index (κ2) is 9.67. The molecule has 4 rings (SSSR count). The van der Waals surface area contributed by atoms with Crippen molar-refractivity contribution in [2.75, 3.05) is 18.0 Å². The molecule has 160 valence electrons. The SMILES string of the molecule is CCc1ccccc1-c1ccc(N2CCCC(NC(=O)c3ccc(Cl)c(Cl)c3)C2)nn1. The van der Waals surface area contributed by atoms with Crippen LogP contribution in [0.3, 0.4) is 0 Å². The van der Waals surface area contributed by atoms with Gasteiger partial charge in [-0.25, -0.2) is 0 Å². The number of benzene rings is 2. The maximum Gasteiger partial charge on any atom is 0.251 e. The van der Waals surface area contributed by atoms with Crippen LogP contribution in [0, 0.1) is 0 Å². The van der Waals surface area contributed by atoms with Gasteiger partial charge in [-0.2, -0.15) is 0 Å². The minimum Gasteiger partial charge on any atom is -0.353 e. The van der Waals surface area contributed by atoms with E-state index in [1.54, 1.807) is 18.2 Å². The van der Waals surface area contributed by atoms with Crippen molar-refractivity contribution in [2.24, 2.45) is 0 Å². The molecule has 0 radical (unpaired) electrons. The van der Waals surface area contributed by atoms with Crippen molar-refractivity contribution in [3.05, 3.63) is 75.8 Å². The number of carbonyl (C=O) groups is 1. The van der Waals surface area contributed by atoms with E-state index in [1.165, 1.54) is 5.56 Å². The second-order valence-corrected chi connectivity index (χ2v) is 8.49. The summed E-state index contributed by atoms with van der Waals surface area (Å²) in [6.45, 7) is 3.71. The summed E-state index contributed by atoms with van der Waals surface area (Å²) >= 11 is 12.0. The van der Waals surface area contributed by atoms with Crippen LogP contribution in [-0.4, -0.2) is 35.2 Å². The highest BCUT2D eigenvalue weighted by Crippen LogP contribution is 2.25. The largest absolute Gasteiger partial charge is 0.353 e. The van der Waals surface area contributed by atoms with Gasteiger partial charge in [-0.3, -0.25) is 4.79 Å². The summed E-state index contributed by atoms with van der Waals surface area (Å²) in [4.78, 5) is 14.8. The van der Waals surface area contributed by atoms with E-state index in [9.17, 15) is 4.79 Å². The molecule has 31 heavy (non-hydrogen) atoms. The zero-order valence-corrected chi connectivity index (χ0v) is 18.8. The molecule has 0 saturated carbocycles. The first kappa shape index (κ1) is 21.6. The third-order valence-corrected chi connectivity index (χ3v) is 6.33. The number of nitrogens with one attached hydrogen (secondary N) is 1. The summed E-state index contributed by atoms with van der Waals surface area (Å²) in [6.07, 6.45) is 2.83. The lowest BCUT2D eigenvalue weighted by atomic mass is 10.0. The number of rotatable bonds is 5. The number of hydrogen-bond donors (Lipinski definition) is 1. The minimum absolute atomic E-state index is 0.0259. The number of aromatic nitrogens is 2. The van der Waals surface area contributed by atoms with Gasteiger partial charge in [0.15, 0.2) is 5.82 Å². The molecule has 0 bridgehead atoms. The molecule has 1 aromatic heterocycles. The predicted molar refractivity (Wildman–Crippen MR) is 126 cm³/mol. The first-order valence-electron chi connectivity index (χ1n) is 10.5. The fraction of sp³-hybridized carbons (Fsp3) is 0.292. The standard InChI is InChI=1S/C24H24Cl2N4O/c1-2-16-6-3-4-8-19(16)22-11-12-23(29-28-22)30-13-5-7-18(15-30)27-24(31)17-9-10-20(25)21(26)14-17/h3-4,6,8-12,14,18H,2,5,7,13,15H2,1H3,(H,27,31). The number of carbonyl (C=O) groups excluding carboxylic acids is 1. The van der Waals surface area contributed by atoms with Crippen molar-refractivity contribution in [1.29, 1.82) is 0 Å². The molecule has 1 unspecified atom stereocenters. The maximum absolute atomic E-state index is 12.6. The molecule has 2 aromatic carbocycles. The topological polar surface area (TPSA) is 58.1 Å². The molecular formula is C24H24Cl2N4O. The Morgan fingerprint density at radius 3 is 2.68 bits per heavy atom. The monoisotopic (exact) mass is 454 g/mol. The fourth-order valence-electron chi connectivity index (χ4n) is 3.93. The summed E-state index contributed by atoms with van der Waals surface area (Å²) in [6, 6.07) is 17.3. The first-order valence-corrected chi connectivity index (χ1v) is 11.2. The normalized spacial score (nSPS) is 16.2. The third-order valence-electron chi connectivity index (χ3n) is 5.59. The van der Waals surface area contributed by atoms with Crippen molar-refractivity contribution >= 4 is 34.9 Å². The average Bonchev–Trinajstić information content (AvgIpc) is 2.81. The fourth-order valence-corrected chi connectivity index (χ4v) is 4.22. The number of nitrogens with zero attached hydrogens (tertiary/aromatic N) is 3. The third kappa shape index (κ3) is 5.00. The molecule has 5 nitrogen and oxygen atoms in total. The molecule has 7 heteroatoms. The minimum atomic E-state index is -0.150. The highest BCUT2D eigenvalue weighted by atomic mass is 35.5. The summed E-state index contributed by atoms with van der Waals surface area (Å²) in [5, 5.41) is 12.9. The van der Waals surface area contributed by atoms with Gasteiger partial charge in [0.05, 0.1) is 15.7 Å². The van der Waals surface area contributed by atoms with Gasteiger partial charge in [-0.05, 0) is 55.2 Å². The highest BCUT2D eigenvalue weighted by molar-refractivity contribution is 6.42. The van der Waals surface area contributed by atoms with Gasteiger partial charge in [0.25, 0.3) is 5.91 Å². The average molecular weight is 455 g/mol. The van der Waals surface area contributed by atoms with Gasteiger partial charge in [-0.1, -0.05) is 54.4 Å². The molecule has 1 fully saturated rings. The Morgan fingerprint density at radius 2 is 1.94 bits per heavy atom. The molecule has 1 atom stereocenters. The Morgan fingerprint density at radius 1 is 1.10 bits per heavy atom. The summed E-state index contributed by atoms with van der Waals surface area (Å²) < 4.78 is 0. The number of hydrogen-bond acceptors (Lipinski definition) is 4. The molecule has 3 aromatic rings. The lowest BCUT2D eigenvalue weighted by Crippen LogP contribution is -2.48. The smallest absolute Gasteiger partial charge is 0.251 e. The molecule has 1 saturated heterocycles. The Bertz CT molecular complexity index is 1070. The Labute approximate surface area is 192 Å². The predicted octanol–water partition coefficient (Wildman–Crippen LogP) is 5.41. The Balaban J connectivity index is 1.43. The van der Waals surface area contributed by atoms with Gasteiger partial charge in [-0.15, -0.1) is 10.2 Å². The van der Waals surface area contributed by atoms with Gasteiger partial charge >= 0.3 is 0 Å². The van der Waals surface area contributed by atoms with Gasteiger partial charge < -0.3 is 10.2 Å². The van der Waals surface area contributed by atoms with Crippen LogP contribution in [0.1, 0.15) is 35.7 Å². The van der Waals surface area contributed by atoms with E-state index < -0.39 is 0 Å². The first-order chi connectivity index (χ1) is 15.0. The van der Waals surface area contributed by atoms with Crippen molar-refractivity contribution in [1.82, 2.24) is 15.5 Å². The lowest BCUT2D eigenvalue weighted by Gasteiger charge is -2.33. The van der Waals surface area contributed by atoms with Gasteiger partial charge in [0, 0.05) is 30.3 Å². The number of aryl methyl sites for hydroxylation is 1. The van der Waals surface area contributed by atoms with Crippen LogP contribution >= 0.6 is 23.2 Å². The van der Waals surface area contributed by atoms with E-state index in [0.717, 1.165) is 42.9 Å². The maximum atomic E-state index is 12.6. The van der Waals surface area contributed by atoms with E-state index in [-0.39, 0.29) is 11.9 Å². The van der Waals surface area contributed by atoms with Crippen molar-refractivity contribution in [2.45, 2.75) is 32.2 Å². The molecule has 2 heterocycles. The van der Waals surface area contributed by atoms with E-state index >= 15 is 0 Å². The van der Waals surface area contributed by atoms with E-state index in [2.05, 4.69) is 39.5 Å². The summed E-state index contributed by atoms with van der Waals surface area (Å²) in [5.41, 5.74) is 3.76. The quantitative estimate of drug-likeness (QED) is 0.559. The van der Waals surface area contributed by atoms with Crippen LogP contribution in [0.25, 0.3) is 11.3 Å². The van der Waals surface area contributed by atoms with Crippen molar-refractivity contribution < 1.29 is 4.79 Å². The lowest BCUT2D eigenvalue weighted by molar-refractivity contribution is 0.0933. The van der Waals surface area contributed by atoms with Crippen LogP contribution in [0.2, 0.25) is 10.0 Å². The molecular weight excluding hydrogens is 431 g/mol. The van der Waals surface area contributed by atoms with Crippen LogP contribution < -0.4 is 10.2 Å². The summed E-state index contributed by atoms with van der Waals surface area (Å²) in [7, 11) is 0. The molecule has 1 aliphatic heterocycles. The van der Waals surface area contributed by atoms with Crippen LogP contribution in [0.15, 0.2) is 54.6 Å². The van der Waals surface area contributed by atoms with Crippen LogP contribution in [0.5, 0.6) is 0 Å². The van der Waals surface area contributed by atoms with Crippen LogP contribution in [0.4, 0.5) is 5.82 Å². The Hall–Kier alpha value is -2.63. The second-order valence-electron chi connectivity index (χ2n) is 7.67. The number of amides is 1. The number of halogens is 2. The van der Waals surface area contributed by atoms with Crippen LogP contribution in [-0.2, 0) is 6.42 Å². The number of anilines is 1. The highest BCUT2D eigenvalue weighted by Gasteiger charge is 2.23. The van der Waals surface area contributed by atoms with Crippen molar-refractivity contribution in [3.63, 3.8) is 0 Å². The summed E-state index contributed by atoms with van der Waals surface area (Å²) in [5.74, 6) is 0.675. The Kier molecular flexibility index (Phi) is 6.73.